The molecule has 27 heavy (non-hydrogen) atoms. The van der Waals surface area contributed by atoms with Gasteiger partial charge >= 0.3 is 0 Å². The Bertz CT molecular complexity index is 828. The topological polar surface area (TPSA) is 76.5 Å². The summed E-state index contributed by atoms with van der Waals surface area (Å²) in [5.41, 5.74) is 0.500. The molecular weight excluding hydrogens is 351 g/mol. The van der Waals surface area contributed by atoms with Crippen LogP contribution in [0.3, 0.4) is 0 Å². The molecule has 7 nitrogen and oxygen atoms in total. The van der Waals surface area contributed by atoms with Crippen LogP contribution in [0.15, 0.2) is 30.5 Å². The van der Waals surface area contributed by atoms with Crippen molar-refractivity contribution < 1.29 is 18.7 Å². The van der Waals surface area contributed by atoms with Gasteiger partial charge in [0, 0.05) is 32.9 Å². The minimum atomic E-state index is -0.498. The van der Waals surface area contributed by atoms with Gasteiger partial charge in [-0.25, -0.2) is 4.39 Å². The number of amides is 2. The number of carbonyl (C=O) groups is 2. The minimum Gasteiger partial charge on any atom is -0.479 e. The van der Waals surface area contributed by atoms with Crippen molar-refractivity contribution in [2.45, 2.75) is 12.8 Å². The van der Waals surface area contributed by atoms with E-state index in [1.165, 1.54) is 23.9 Å². The second-order valence-electron chi connectivity index (χ2n) is 6.65. The third kappa shape index (κ3) is 4.27. The molecule has 0 saturated carbocycles. The van der Waals surface area contributed by atoms with E-state index in [4.69, 9.17) is 4.74 Å². The summed E-state index contributed by atoms with van der Waals surface area (Å²) in [6.07, 6.45) is 3.12. The fraction of sp³-hybridized carbons (Fsp3) is 0.421. The zero-order valence-electron chi connectivity index (χ0n) is 15.4. The van der Waals surface area contributed by atoms with Gasteiger partial charge in [-0.15, -0.1) is 5.10 Å². The second kappa shape index (κ2) is 8.20. The Morgan fingerprint density at radius 3 is 2.63 bits per heavy atom. The Morgan fingerprint density at radius 1 is 1.26 bits per heavy atom. The standard InChI is InChI=1S/C19H23FN4O3/c1-23-12-15(18(22-23)27-2)17(25)21-11-13-7-9-24(10-8-13)19(26)14-5-3-4-6-16(14)20/h3-6,12-13H,7-11H2,1-2H3,(H,21,25). The maximum Gasteiger partial charge on any atom is 0.258 e. The molecule has 2 heterocycles. The van der Waals surface area contributed by atoms with E-state index in [9.17, 15) is 14.0 Å². The molecule has 0 radical (unpaired) electrons. The zero-order chi connectivity index (χ0) is 19.4. The predicted octanol–water partition coefficient (Wildman–Crippen LogP) is 1.85. The van der Waals surface area contributed by atoms with E-state index in [-0.39, 0.29) is 23.3 Å². The van der Waals surface area contributed by atoms with Crippen LogP contribution >= 0.6 is 0 Å². The largest absolute Gasteiger partial charge is 0.479 e. The first kappa shape index (κ1) is 18.9. The molecule has 3 rings (SSSR count). The van der Waals surface area contributed by atoms with Crippen LogP contribution in [-0.4, -0.2) is 53.2 Å². The molecular formula is C19H23FN4O3. The van der Waals surface area contributed by atoms with Crippen LogP contribution < -0.4 is 10.1 Å². The molecule has 0 bridgehead atoms. The van der Waals surface area contributed by atoms with Gasteiger partial charge in [0.2, 0.25) is 5.88 Å². The van der Waals surface area contributed by atoms with Crippen LogP contribution in [0, 0.1) is 11.7 Å². The van der Waals surface area contributed by atoms with Crippen LogP contribution in [0.4, 0.5) is 4.39 Å². The average Bonchev–Trinajstić information content (AvgIpc) is 3.07. The van der Waals surface area contributed by atoms with Crippen LogP contribution in [0.25, 0.3) is 0 Å². The Hall–Kier alpha value is -2.90. The molecule has 1 aromatic heterocycles. The van der Waals surface area contributed by atoms with Gasteiger partial charge in [-0.3, -0.25) is 14.3 Å². The zero-order valence-corrected chi connectivity index (χ0v) is 15.4. The number of hydrogen-bond acceptors (Lipinski definition) is 4. The molecule has 0 aliphatic carbocycles. The number of halogens is 1. The van der Waals surface area contributed by atoms with Crippen molar-refractivity contribution in [2.75, 3.05) is 26.7 Å². The summed E-state index contributed by atoms with van der Waals surface area (Å²) in [5, 5.41) is 6.97. The highest BCUT2D eigenvalue weighted by Crippen LogP contribution is 2.20. The van der Waals surface area contributed by atoms with Crippen LogP contribution in [0.2, 0.25) is 0 Å². The average molecular weight is 374 g/mol. The molecule has 2 aromatic rings. The van der Waals surface area contributed by atoms with Crippen LogP contribution in [0.5, 0.6) is 5.88 Å². The molecule has 144 valence electrons. The normalized spacial score (nSPS) is 14.9. The molecule has 0 atom stereocenters. The SMILES string of the molecule is COc1nn(C)cc1C(=O)NCC1CCN(C(=O)c2ccccc2F)CC1. The number of nitrogens with one attached hydrogen (secondary N) is 1. The van der Waals surface area contributed by atoms with Gasteiger partial charge in [0.05, 0.1) is 12.7 Å². The first-order valence-corrected chi connectivity index (χ1v) is 8.89. The number of nitrogens with zero attached hydrogens (tertiary/aromatic N) is 3. The summed E-state index contributed by atoms with van der Waals surface area (Å²) in [5.74, 6) is -0.454. The maximum absolute atomic E-state index is 13.8. The van der Waals surface area contributed by atoms with Crippen molar-refractivity contribution in [1.82, 2.24) is 20.0 Å². The molecule has 1 N–H and O–H groups in total. The van der Waals surface area contributed by atoms with Crippen molar-refractivity contribution in [1.29, 1.82) is 0 Å². The summed E-state index contributed by atoms with van der Waals surface area (Å²) in [7, 11) is 3.20. The highest BCUT2D eigenvalue weighted by Gasteiger charge is 2.26. The van der Waals surface area contributed by atoms with Crippen molar-refractivity contribution >= 4 is 11.8 Å². The number of carbonyl (C=O) groups excluding carboxylic acids is 2. The molecule has 1 saturated heterocycles. The fourth-order valence-electron chi connectivity index (χ4n) is 3.25. The van der Waals surface area contributed by atoms with Crippen molar-refractivity contribution in [3.63, 3.8) is 0 Å². The quantitative estimate of drug-likeness (QED) is 0.867. The summed E-state index contributed by atoms with van der Waals surface area (Å²) in [4.78, 5) is 26.4. The van der Waals surface area contributed by atoms with Crippen molar-refractivity contribution in [3.05, 3.63) is 47.4 Å². The number of methoxy groups -OCH3 is 1. The second-order valence-corrected chi connectivity index (χ2v) is 6.65. The Morgan fingerprint density at radius 2 is 1.96 bits per heavy atom. The van der Waals surface area contributed by atoms with Gasteiger partial charge in [0.15, 0.2) is 0 Å². The van der Waals surface area contributed by atoms with E-state index < -0.39 is 5.82 Å². The number of likely N-dealkylation sites (tertiary alicyclic amines) is 1. The molecule has 0 spiro atoms. The lowest BCUT2D eigenvalue weighted by atomic mass is 9.96. The van der Waals surface area contributed by atoms with E-state index in [0.717, 1.165) is 12.8 Å². The summed E-state index contributed by atoms with van der Waals surface area (Å²) < 4.78 is 20.4. The Balaban J connectivity index is 1.50. The van der Waals surface area contributed by atoms with Crippen molar-refractivity contribution in [3.8, 4) is 5.88 Å². The highest BCUT2D eigenvalue weighted by atomic mass is 19.1. The third-order valence-electron chi connectivity index (χ3n) is 4.79. The summed E-state index contributed by atoms with van der Waals surface area (Å²) in [6.45, 7) is 1.60. The lowest BCUT2D eigenvalue weighted by molar-refractivity contribution is 0.0679. The summed E-state index contributed by atoms with van der Waals surface area (Å²) in [6, 6.07) is 6.02. The molecule has 2 amide bonds. The van der Waals surface area contributed by atoms with Gasteiger partial charge in [-0.2, -0.15) is 0 Å². The molecule has 1 aromatic carbocycles. The number of aryl methyl sites for hydroxylation is 1. The van der Waals surface area contributed by atoms with Gasteiger partial charge in [0.1, 0.15) is 11.4 Å². The highest BCUT2D eigenvalue weighted by molar-refractivity contribution is 5.96. The van der Waals surface area contributed by atoms with Gasteiger partial charge in [0.25, 0.3) is 11.8 Å². The number of aromatic nitrogens is 2. The Labute approximate surface area is 157 Å². The molecule has 0 unspecified atom stereocenters. The summed E-state index contributed by atoms with van der Waals surface area (Å²) >= 11 is 0. The van der Waals surface area contributed by atoms with Gasteiger partial charge in [-0.05, 0) is 30.9 Å². The van der Waals surface area contributed by atoms with Crippen molar-refractivity contribution in [2.24, 2.45) is 13.0 Å². The Kier molecular flexibility index (Phi) is 5.73. The number of ether oxygens (including phenoxy) is 1. The monoisotopic (exact) mass is 374 g/mol. The third-order valence-corrected chi connectivity index (χ3v) is 4.79. The molecule has 8 heteroatoms. The molecule has 1 fully saturated rings. The van der Waals surface area contributed by atoms with E-state index in [1.54, 1.807) is 30.3 Å². The fourth-order valence-corrected chi connectivity index (χ4v) is 3.25. The van der Waals surface area contributed by atoms with E-state index >= 15 is 0 Å². The first-order valence-electron chi connectivity index (χ1n) is 8.89. The van der Waals surface area contributed by atoms with Crippen LogP contribution in [0.1, 0.15) is 33.6 Å². The number of rotatable bonds is 5. The number of piperidine rings is 1. The molecule has 1 aliphatic heterocycles. The van der Waals surface area contributed by atoms with Crippen LogP contribution in [-0.2, 0) is 7.05 Å². The van der Waals surface area contributed by atoms with E-state index in [2.05, 4.69) is 10.4 Å². The first-order chi connectivity index (χ1) is 13.0. The number of hydrogen-bond donors (Lipinski definition) is 1. The lowest BCUT2D eigenvalue weighted by Gasteiger charge is -2.32. The van der Waals surface area contributed by atoms with Gasteiger partial charge < -0.3 is 15.0 Å². The predicted molar refractivity (Wildman–Crippen MR) is 97.1 cm³/mol. The van der Waals surface area contributed by atoms with E-state index in [0.29, 0.717) is 31.1 Å². The minimum absolute atomic E-state index is 0.105. The number of benzene rings is 1. The maximum atomic E-state index is 13.8. The smallest absolute Gasteiger partial charge is 0.258 e. The van der Waals surface area contributed by atoms with Gasteiger partial charge in [-0.1, -0.05) is 12.1 Å². The van der Waals surface area contributed by atoms with E-state index in [1.807, 2.05) is 0 Å². The lowest BCUT2D eigenvalue weighted by Crippen LogP contribution is -2.41. The molecule has 1 aliphatic rings.